The molecule has 0 atom stereocenters. The summed E-state index contributed by atoms with van der Waals surface area (Å²) in [6, 6.07) is 5.75. The average Bonchev–Trinajstić information content (AvgIpc) is 2.34. The van der Waals surface area contributed by atoms with Gasteiger partial charge in [-0.1, -0.05) is 37.8 Å². The van der Waals surface area contributed by atoms with Crippen LogP contribution in [0.3, 0.4) is 0 Å². The van der Waals surface area contributed by atoms with Gasteiger partial charge < -0.3 is 4.74 Å². The highest BCUT2D eigenvalue weighted by Gasteiger charge is 2.11. The maximum absolute atomic E-state index is 12.1. The number of ketones is 1. The third-order valence-electron chi connectivity index (χ3n) is 2.91. The Bertz CT molecular complexity index is 369. The van der Waals surface area contributed by atoms with Crippen molar-refractivity contribution < 1.29 is 9.53 Å². The molecule has 0 saturated heterocycles. The summed E-state index contributed by atoms with van der Waals surface area (Å²) in [7, 11) is 1.61. The highest BCUT2D eigenvalue weighted by Crippen LogP contribution is 2.22. The van der Waals surface area contributed by atoms with Crippen LogP contribution in [0.4, 0.5) is 0 Å². The Kier molecular flexibility index (Phi) is 5.75. The average molecular weight is 234 g/mol. The first-order valence-electron chi connectivity index (χ1n) is 6.37. The minimum atomic E-state index is 0.196. The number of hydrogen-bond donors (Lipinski definition) is 0. The van der Waals surface area contributed by atoms with Gasteiger partial charge in [-0.2, -0.15) is 0 Å². The molecule has 17 heavy (non-hydrogen) atoms. The highest BCUT2D eigenvalue weighted by atomic mass is 16.5. The smallest absolute Gasteiger partial charge is 0.166 e. The van der Waals surface area contributed by atoms with Crippen molar-refractivity contribution in [3.8, 4) is 5.75 Å². The van der Waals surface area contributed by atoms with Crippen molar-refractivity contribution in [2.75, 3.05) is 7.11 Å². The van der Waals surface area contributed by atoms with Crippen molar-refractivity contribution in [2.45, 2.75) is 46.0 Å². The minimum Gasteiger partial charge on any atom is -0.496 e. The van der Waals surface area contributed by atoms with Gasteiger partial charge in [-0.05, 0) is 25.5 Å². The second kappa shape index (κ2) is 7.10. The summed E-state index contributed by atoms with van der Waals surface area (Å²) in [4.78, 5) is 12.1. The van der Waals surface area contributed by atoms with Crippen LogP contribution < -0.4 is 4.74 Å². The lowest BCUT2D eigenvalue weighted by atomic mass is 10.0. The van der Waals surface area contributed by atoms with Crippen molar-refractivity contribution in [3.63, 3.8) is 0 Å². The second-order valence-electron chi connectivity index (χ2n) is 4.44. The van der Waals surface area contributed by atoms with E-state index in [4.69, 9.17) is 4.74 Å². The number of carbonyl (C=O) groups excluding carboxylic acids is 1. The van der Waals surface area contributed by atoms with E-state index in [-0.39, 0.29) is 5.78 Å². The third-order valence-corrected chi connectivity index (χ3v) is 2.91. The molecule has 1 rings (SSSR count). The summed E-state index contributed by atoms with van der Waals surface area (Å²) in [6.45, 7) is 4.17. The second-order valence-corrected chi connectivity index (χ2v) is 4.44. The number of unbranched alkanes of at least 4 members (excludes halogenated alkanes) is 3. The summed E-state index contributed by atoms with van der Waals surface area (Å²) >= 11 is 0. The fourth-order valence-electron chi connectivity index (χ4n) is 1.89. The molecule has 0 heterocycles. The van der Waals surface area contributed by atoms with Crippen LogP contribution in [-0.2, 0) is 0 Å². The summed E-state index contributed by atoms with van der Waals surface area (Å²) in [5, 5.41) is 0. The molecule has 2 heteroatoms. The van der Waals surface area contributed by atoms with Gasteiger partial charge in [0, 0.05) is 6.42 Å². The molecule has 0 aromatic heterocycles. The molecule has 0 aliphatic carbocycles. The number of rotatable bonds is 7. The Morgan fingerprint density at radius 1 is 1.24 bits per heavy atom. The number of methoxy groups -OCH3 is 1. The summed E-state index contributed by atoms with van der Waals surface area (Å²) in [5.74, 6) is 0.887. The zero-order valence-corrected chi connectivity index (χ0v) is 11.1. The summed E-state index contributed by atoms with van der Waals surface area (Å²) < 4.78 is 5.23. The van der Waals surface area contributed by atoms with Crippen LogP contribution in [-0.4, -0.2) is 12.9 Å². The molecule has 0 radical (unpaired) electrons. The van der Waals surface area contributed by atoms with Gasteiger partial charge >= 0.3 is 0 Å². The van der Waals surface area contributed by atoms with Gasteiger partial charge in [0.15, 0.2) is 5.78 Å². The molecule has 0 unspecified atom stereocenters. The minimum absolute atomic E-state index is 0.196. The molecule has 1 aromatic carbocycles. The first-order valence-corrected chi connectivity index (χ1v) is 6.37. The Morgan fingerprint density at radius 3 is 2.65 bits per heavy atom. The van der Waals surface area contributed by atoms with Gasteiger partial charge in [0.25, 0.3) is 0 Å². The van der Waals surface area contributed by atoms with Gasteiger partial charge in [-0.15, -0.1) is 0 Å². The molecule has 0 saturated carbocycles. The first kappa shape index (κ1) is 13.8. The van der Waals surface area contributed by atoms with E-state index in [2.05, 4.69) is 6.92 Å². The zero-order chi connectivity index (χ0) is 12.7. The molecule has 1 aromatic rings. The van der Waals surface area contributed by atoms with Crippen LogP contribution in [0, 0.1) is 6.92 Å². The van der Waals surface area contributed by atoms with Crippen molar-refractivity contribution in [3.05, 3.63) is 29.3 Å². The van der Waals surface area contributed by atoms with Crippen molar-refractivity contribution in [1.29, 1.82) is 0 Å². The van der Waals surface area contributed by atoms with E-state index < -0.39 is 0 Å². The predicted octanol–water partition coefficient (Wildman–Crippen LogP) is 4.16. The maximum Gasteiger partial charge on any atom is 0.166 e. The van der Waals surface area contributed by atoms with Crippen LogP contribution in [0.2, 0.25) is 0 Å². The predicted molar refractivity (Wildman–Crippen MR) is 70.8 cm³/mol. The van der Waals surface area contributed by atoms with E-state index in [0.717, 1.165) is 24.0 Å². The van der Waals surface area contributed by atoms with Crippen molar-refractivity contribution in [2.24, 2.45) is 0 Å². The number of benzene rings is 1. The Labute approximate surface area is 104 Å². The first-order chi connectivity index (χ1) is 8.19. The number of Topliss-reactive ketones (excluding diaryl/α,β-unsaturated/α-hetero) is 1. The number of aryl methyl sites for hydroxylation is 1. The lowest BCUT2D eigenvalue weighted by molar-refractivity contribution is 0.0976. The molecule has 0 N–H and O–H groups in total. The molecule has 2 nitrogen and oxygen atoms in total. The zero-order valence-electron chi connectivity index (χ0n) is 11.1. The third kappa shape index (κ3) is 4.22. The van der Waals surface area contributed by atoms with Crippen molar-refractivity contribution >= 4 is 5.78 Å². The molecule has 0 bridgehead atoms. The molecule has 0 amide bonds. The normalized spacial score (nSPS) is 10.3. The fourth-order valence-corrected chi connectivity index (χ4v) is 1.89. The fraction of sp³-hybridized carbons (Fsp3) is 0.533. The Morgan fingerprint density at radius 2 is 2.00 bits per heavy atom. The Hall–Kier alpha value is -1.31. The molecule has 0 aliphatic heterocycles. The van der Waals surface area contributed by atoms with E-state index in [1.807, 2.05) is 25.1 Å². The van der Waals surface area contributed by atoms with E-state index in [0.29, 0.717) is 12.2 Å². The van der Waals surface area contributed by atoms with Crippen LogP contribution in [0.25, 0.3) is 0 Å². The molecule has 0 spiro atoms. The van der Waals surface area contributed by atoms with Crippen molar-refractivity contribution in [1.82, 2.24) is 0 Å². The topological polar surface area (TPSA) is 26.3 Å². The maximum atomic E-state index is 12.1. The Balaban J connectivity index is 2.64. The van der Waals surface area contributed by atoms with Gasteiger partial charge in [0.1, 0.15) is 5.75 Å². The van der Waals surface area contributed by atoms with Gasteiger partial charge in [-0.3, -0.25) is 4.79 Å². The largest absolute Gasteiger partial charge is 0.496 e. The highest BCUT2D eigenvalue weighted by molar-refractivity contribution is 5.98. The standard InChI is InChI=1S/C15H22O2/c1-4-5-6-7-8-14(16)13-11-12(2)9-10-15(13)17-3/h9-11H,4-8H2,1-3H3. The van der Waals surface area contributed by atoms with Crippen LogP contribution in [0.15, 0.2) is 18.2 Å². The summed E-state index contributed by atoms with van der Waals surface area (Å²) in [6.07, 6.45) is 5.14. The number of ether oxygens (including phenoxy) is 1. The van der Waals surface area contributed by atoms with E-state index in [9.17, 15) is 4.79 Å². The monoisotopic (exact) mass is 234 g/mol. The molecule has 94 valence electrons. The van der Waals surface area contributed by atoms with Crippen LogP contribution in [0.1, 0.15) is 54.9 Å². The number of carbonyl (C=O) groups is 1. The SMILES string of the molecule is CCCCCCC(=O)c1cc(C)ccc1OC. The van der Waals surface area contributed by atoms with Crippen LogP contribution in [0.5, 0.6) is 5.75 Å². The summed E-state index contributed by atoms with van der Waals surface area (Å²) in [5.41, 5.74) is 1.83. The molecular weight excluding hydrogens is 212 g/mol. The lowest BCUT2D eigenvalue weighted by Gasteiger charge is -2.08. The molecular formula is C15H22O2. The quantitative estimate of drug-likeness (QED) is 0.523. The van der Waals surface area contributed by atoms with Gasteiger partial charge in [-0.25, -0.2) is 0 Å². The van der Waals surface area contributed by atoms with E-state index in [1.54, 1.807) is 7.11 Å². The number of hydrogen-bond acceptors (Lipinski definition) is 2. The van der Waals surface area contributed by atoms with Crippen LogP contribution >= 0.6 is 0 Å². The van der Waals surface area contributed by atoms with E-state index >= 15 is 0 Å². The molecule has 0 fully saturated rings. The van der Waals surface area contributed by atoms with E-state index in [1.165, 1.54) is 12.8 Å². The molecule has 0 aliphatic rings. The van der Waals surface area contributed by atoms with Gasteiger partial charge in [0.05, 0.1) is 12.7 Å². The lowest BCUT2D eigenvalue weighted by Crippen LogP contribution is -2.02. The van der Waals surface area contributed by atoms with Gasteiger partial charge in [0.2, 0.25) is 0 Å².